The van der Waals surface area contributed by atoms with Gasteiger partial charge in [-0.05, 0) is 24.8 Å². The van der Waals surface area contributed by atoms with E-state index in [1.165, 1.54) is 6.20 Å². The molecule has 1 saturated heterocycles. The van der Waals surface area contributed by atoms with Crippen LogP contribution in [-0.2, 0) is 0 Å². The molecule has 0 spiro atoms. The number of aromatic nitrogens is 2. The summed E-state index contributed by atoms with van der Waals surface area (Å²) in [4.78, 5) is 12.9. The molecule has 1 aliphatic rings. The van der Waals surface area contributed by atoms with Crippen molar-refractivity contribution in [2.75, 3.05) is 18.0 Å². The first-order valence-corrected chi connectivity index (χ1v) is 5.48. The molecule has 2 rings (SSSR count). The third-order valence-corrected chi connectivity index (χ3v) is 3.00. The van der Waals surface area contributed by atoms with Crippen molar-refractivity contribution < 1.29 is 9.90 Å². The fraction of sp³-hybridized carbons (Fsp3) is 0.545. The Morgan fingerprint density at radius 1 is 1.50 bits per heavy atom. The zero-order chi connectivity index (χ0) is 11.5. The second-order valence-corrected chi connectivity index (χ2v) is 4.28. The lowest BCUT2D eigenvalue weighted by atomic mass is 9.99. The molecule has 0 saturated carbocycles. The van der Waals surface area contributed by atoms with Crippen LogP contribution in [0.3, 0.4) is 0 Å². The van der Waals surface area contributed by atoms with Crippen LogP contribution in [0.1, 0.15) is 30.1 Å². The number of carboxylic acids is 1. The average Bonchev–Trinajstić information content (AvgIpc) is 2.30. The maximum atomic E-state index is 10.8. The largest absolute Gasteiger partial charge is 0.478 e. The molecule has 1 aliphatic heterocycles. The molecule has 16 heavy (non-hydrogen) atoms. The van der Waals surface area contributed by atoms with E-state index >= 15 is 0 Å². The van der Waals surface area contributed by atoms with E-state index in [-0.39, 0.29) is 5.56 Å². The molecule has 5 heteroatoms. The van der Waals surface area contributed by atoms with Crippen molar-refractivity contribution in [1.29, 1.82) is 0 Å². The third-order valence-electron chi connectivity index (χ3n) is 3.00. The molecule has 0 amide bonds. The van der Waals surface area contributed by atoms with Crippen molar-refractivity contribution in [2.45, 2.75) is 19.8 Å². The number of carboxylic acid groups (broad SMARTS) is 1. The van der Waals surface area contributed by atoms with Gasteiger partial charge in [0, 0.05) is 13.1 Å². The molecule has 1 aromatic rings. The number of hydrogen-bond acceptors (Lipinski definition) is 4. The Labute approximate surface area is 94.1 Å². The van der Waals surface area contributed by atoms with Gasteiger partial charge in [0.15, 0.2) is 5.82 Å². The Balaban J connectivity index is 2.14. The van der Waals surface area contributed by atoms with Crippen molar-refractivity contribution in [3.05, 3.63) is 17.8 Å². The van der Waals surface area contributed by atoms with E-state index < -0.39 is 5.97 Å². The van der Waals surface area contributed by atoms with Crippen LogP contribution >= 0.6 is 0 Å². The summed E-state index contributed by atoms with van der Waals surface area (Å²) in [6, 6.07) is 1.59. The number of nitrogens with zero attached hydrogens (tertiary/aromatic N) is 3. The zero-order valence-corrected chi connectivity index (χ0v) is 9.26. The van der Waals surface area contributed by atoms with E-state index in [0.29, 0.717) is 5.82 Å². The molecule has 0 bridgehead atoms. The van der Waals surface area contributed by atoms with Crippen LogP contribution in [0.15, 0.2) is 12.3 Å². The van der Waals surface area contributed by atoms with Gasteiger partial charge in [0.1, 0.15) is 0 Å². The fourth-order valence-electron chi connectivity index (χ4n) is 1.86. The van der Waals surface area contributed by atoms with E-state index in [1.807, 2.05) is 0 Å². The molecule has 0 atom stereocenters. The Morgan fingerprint density at radius 3 is 2.81 bits per heavy atom. The lowest BCUT2D eigenvalue weighted by molar-refractivity contribution is 0.0696. The van der Waals surface area contributed by atoms with E-state index in [2.05, 4.69) is 22.0 Å². The quantitative estimate of drug-likeness (QED) is 0.817. The minimum atomic E-state index is -0.957. The first kappa shape index (κ1) is 10.9. The van der Waals surface area contributed by atoms with E-state index in [4.69, 9.17) is 5.11 Å². The summed E-state index contributed by atoms with van der Waals surface area (Å²) >= 11 is 0. The SMILES string of the molecule is CC1CCN(c2cc(C(=O)O)cnn2)CC1. The van der Waals surface area contributed by atoms with Crippen molar-refractivity contribution >= 4 is 11.8 Å². The second-order valence-electron chi connectivity index (χ2n) is 4.28. The summed E-state index contributed by atoms with van der Waals surface area (Å²) in [5.74, 6) is 0.459. The Kier molecular flexibility index (Phi) is 3.03. The smallest absolute Gasteiger partial charge is 0.337 e. The summed E-state index contributed by atoms with van der Waals surface area (Å²) in [5, 5.41) is 16.6. The molecule has 1 fully saturated rings. The fourth-order valence-corrected chi connectivity index (χ4v) is 1.86. The lowest BCUT2D eigenvalue weighted by Gasteiger charge is -2.30. The van der Waals surface area contributed by atoms with Crippen molar-refractivity contribution in [1.82, 2.24) is 10.2 Å². The normalized spacial score (nSPS) is 17.4. The molecular formula is C11H15N3O2. The number of anilines is 1. The Hall–Kier alpha value is -1.65. The summed E-state index contributed by atoms with van der Waals surface area (Å²) in [7, 11) is 0. The van der Waals surface area contributed by atoms with Gasteiger partial charge < -0.3 is 10.0 Å². The first-order valence-electron chi connectivity index (χ1n) is 5.48. The predicted octanol–water partition coefficient (Wildman–Crippen LogP) is 1.41. The van der Waals surface area contributed by atoms with Gasteiger partial charge in [0.05, 0.1) is 11.8 Å². The number of aromatic carboxylic acids is 1. The van der Waals surface area contributed by atoms with Gasteiger partial charge in [-0.25, -0.2) is 4.79 Å². The second kappa shape index (κ2) is 4.47. The van der Waals surface area contributed by atoms with Gasteiger partial charge in [0.25, 0.3) is 0 Å². The highest BCUT2D eigenvalue weighted by atomic mass is 16.4. The number of hydrogen-bond donors (Lipinski definition) is 1. The van der Waals surface area contributed by atoms with E-state index in [1.54, 1.807) is 6.07 Å². The summed E-state index contributed by atoms with van der Waals surface area (Å²) < 4.78 is 0. The molecule has 1 aromatic heterocycles. The highest BCUT2D eigenvalue weighted by molar-refractivity contribution is 5.87. The molecule has 86 valence electrons. The van der Waals surface area contributed by atoms with Crippen LogP contribution in [0.25, 0.3) is 0 Å². The topological polar surface area (TPSA) is 66.3 Å². The van der Waals surface area contributed by atoms with Crippen molar-refractivity contribution in [3.63, 3.8) is 0 Å². The number of rotatable bonds is 2. The minimum Gasteiger partial charge on any atom is -0.478 e. The van der Waals surface area contributed by atoms with Crippen molar-refractivity contribution in [3.8, 4) is 0 Å². The third kappa shape index (κ3) is 2.29. The van der Waals surface area contributed by atoms with Gasteiger partial charge in [0.2, 0.25) is 0 Å². The highest BCUT2D eigenvalue weighted by Crippen LogP contribution is 2.21. The highest BCUT2D eigenvalue weighted by Gasteiger charge is 2.18. The van der Waals surface area contributed by atoms with Gasteiger partial charge >= 0.3 is 5.97 Å². The molecule has 0 unspecified atom stereocenters. The maximum Gasteiger partial charge on any atom is 0.337 e. The molecular weight excluding hydrogens is 206 g/mol. The summed E-state index contributed by atoms with van der Waals surface area (Å²) in [6.45, 7) is 4.09. The van der Waals surface area contributed by atoms with Crippen LogP contribution in [0.2, 0.25) is 0 Å². The number of piperidine rings is 1. The maximum absolute atomic E-state index is 10.8. The molecule has 0 aliphatic carbocycles. The molecule has 5 nitrogen and oxygen atoms in total. The Bertz CT molecular complexity index is 387. The first-order chi connectivity index (χ1) is 7.66. The molecule has 1 N–H and O–H groups in total. The van der Waals surface area contributed by atoms with Gasteiger partial charge in [-0.15, -0.1) is 5.10 Å². The zero-order valence-electron chi connectivity index (χ0n) is 9.26. The number of carbonyl (C=O) groups is 1. The van der Waals surface area contributed by atoms with E-state index in [0.717, 1.165) is 31.8 Å². The molecule has 0 aromatic carbocycles. The molecule has 2 heterocycles. The monoisotopic (exact) mass is 221 g/mol. The van der Waals surface area contributed by atoms with Crippen LogP contribution < -0.4 is 4.90 Å². The van der Waals surface area contributed by atoms with Crippen molar-refractivity contribution in [2.24, 2.45) is 5.92 Å². The van der Waals surface area contributed by atoms with Crippen LogP contribution in [0, 0.1) is 5.92 Å². The predicted molar refractivity (Wildman–Crippen MR) is 59.6 cm³/mol. The minimum absolute atomic E-state index is 0.198. The van der Waals surface area contributed by atoms with E-state index in [9.17, 15) is 4.79 Å². The van der Waals surface area contributed by atoms with Crippen LogP contribution in [-0.4, -0.2) is 34.4 Å². The van der Waals surface area contributed by atoms with Gasteiger partial charge in [-0.1, -0.05) is 6.92 Å². The summed E-state index contributed by atoms with van der Waals surface area (Å²) in [6.07, 6.45) is 3.52. The lowest BCUT2D eigenvalue weighted by Crippen LogP contribution is -2.33. The summed E-state index contributed by atoms with van der Waals surface area (Å²) in [5.41, 5.74) is 0.198. The van der Waals surface area contributed by atoms with Crippen LogP contribution in [0.4, 0.5) is 5.82 Å². The average molecular weight is 221 g/mol. The standard InChI is InChI=1S/C11H15N3O2/c1-8-2-4-14(5-3-8)10-6-9(11(15)16)7-12-13-10/h6-8H,2-5H2,1H3,(H,15,16). The van der Waals surface area contributed by atoms with Crippen LogP contribution in [0.5, 0.6) is 0 Å². The van der Waals surface area contributed by atoms with Gasteiger partial charge in [-0.2, -0.15) is 5.10 Å². The van der Waals surface area contributed by atoms with Gasteiger partial charge in [-0.3, -0.25) is 0 Å². The molecule has 0 radical (unpaired) electrons. The Morgan fingerprint density at radius 2 is 2.19 bits per heavy atom.